The first kappa shape index (κ1) is 34.4. The largest absolute Gasteiger partial charge is 0.473 e. The molecule has 16 nitrogen and oxygen atoms in total. The predicted octanol–water partition coefficient (Wildman–Crippen LogP) is 3.27. The van der Waals surface area contributed by atoms with Gasteiger partial charge in [0, 0.05) is 62.1 Å². The highest BCUT2D eigenvalue weighted by molar-refractivity contribution is 6.23. The summed E-state index contributed by atoms with van der Waals surface area (Å²) in [5, 5.41) is 17.6. The molecule has 3 aromatic heterocycles. The molecule has 3 atom stereocenters. The molecule has 3 saturated heterocycles. The Morgan fingerprint density at radius 2 is 1.80 bits per heavy atom. The van der Waals surface area contributed by atoms with Gasteiger partial charge >= 0.3 is 0 Å². The molecule has 5 aliphatic rings. The van der Waals surface area contributed by atoms with Crippen molar-refractivity contribution in [3.8, 4) is 17.1 Å². The molecule has 54 heavy (non-hydrogen) atoms. The lowest BCUT2D eigenvalue weighted by Crippen LogP contribution is -2.58. The number of nitrogens with one attached hydrogen (secondary N) is 3. The van der Waals surface area contributed by atoms with Crippen molar-refractivity contribution in [2.75, 3.05) is 36.4 Å². The van der Waals surface area contributed by atoms with Gasteiger partial charge in [-0.1, -0.05) is 6.92 Å². The number of rotatable bonds is 8. The Bertz CT molecular complexity index is 2130. The molecule has 4 aromatic rings. The monoisotopic (exact) mass is 735 g/mol. The number of nitrogens with zero attached hydrogens (tertiary/aromatic N) is 8. The molecule has 9 rings (SSSR count). The standard InChI is InChI=1S/C38H45N11O5/c1-21(2)54-36-32(23-17-40-41-18-23)39-19-30-43-37(45-49(30)36)42-28-8-11-47(20-22(28)3)25-15-38(16-25)9-12-46(13-10-38)24-4-5-26-27(14-24)35(53)48(34(26)52)29-6-7-31(50)44-33(29)51/h4-5,14,17-19,21-22,25,28-29H,6-13,15-16,20H2,1-3H3,(H,40,41)(H,42,45)(H,44,50,51)/t22-,28+,29?/m1/s1. The van der Waals surface area contributed by atoms with Crippen LogP contribution >= 0.6 is 0 Å². The zero-order valence-corrected chi connectivity index (χ0v) is 30.7. The van der Waals surface area contributed by atoms with Crippen LogP contribution in [0.5, 0.6) is 5.88 Å². The number of carbonyl (C=O) groups is 4. The third-order valence-corrected chi connectivity index (χ3v) is 12.2. The number of aromatic amines is 1. The van der Waals surface area contributed by atoms with Crippen molar-refractivity contribution in [3.05, 3.63) is 47.9 Å². The Balaban J connectivity index is 0.788. The van der Waals surface area contributed by atoms with Crippen LogP contribution in [0.2, 0.25) is 0 Å². The minimum Gasteiger partial charge on any atom is -0.473 e. The van der Waals surface area contributed by atoms with Crippen molar-refractivity contribution in [2.45, 2.75) is 89.9 Å². The summed E-state index contributed by atoms with van der Waals surface area (Å²) in [6.45, 7) is 10.1. The summed E-state index contributed by atoms with van der Waals surface area (Å²) in [6.07, 6.45) is 11.0. The van der Waals surface area contributed by atoms with Gasteiger partial charge in [-0.2, -0.15) is 14.6 Å². The fraction of sp³-hybridized carbons (Fsp3) is 0.526. The van der Waals surface area contributed by atoms with Crippen molar-refractivity contribution >= 4 is 40.9 Å². The van der Waals surface area contributed by atoms with E-state index in [4.69, 9.17) is 14.8 Å². The number of likely N-dealkylation sites (tertiary alicyclic amines) is 1. The van der Waals surface area contributed by atoms with Gasteiger partial charge in [0.05, 0.1) is 29.6 Å². The van der Waals surface area contributed by atoms with Gasteiger partial charge in [0.25, 0.3) is 11.8 Å². The zero-order chi connectivity index (χ0) is 37.3. The first-order valence-electron chi connectivity index (χ1n) is 19.1. The molecule has 7 heterocycles. The lowest BCUT2D eigenvalue weighted by atomic mass is 9.59. The van der Waals surface area contributed by atoms with E-state index in [2.05, 4.69) is 42.5 Å². The Labute approximate surface area is 312 Å². The second kappa shape index (κ2) is 13.2. The number of imide groups is 2. The fourth-order valence-electron chi connectivity index (χ4n) is 9.19. The smallest absolute Gasteiger partial charge is 0.262 e. The van der Waals surface area contributed by atoms with Gasteiger partial charge in [0.2, 0.25) is 23.6 Å². The molecule has 0 radical (unpaired) electrons. The number of anilines is 2. The molecule has 1 saturated carbocycles. The molecule has 1 aromatic carbocycles. The van der Waals surface area contributed by atoms with Crippen LogP contribution in [0.15, 0.2) is 36.8 Å². The maximum absolute atomic E-state index is 13.4. The molecule has 1 unspecified atom stereocenters. The van der Waals surface area contributed by atoms with Gasteiger partial charge in [-0.15, -0.1) is 5.10 Å². The van der Waals surface area contributed by atoms with Gasteiger partial charge in [0.1, 0.15) is 11.7 Å². The van der Waals surface area contributed by atoms with Gasteiger partial charge in [-0.25, -0.2) is 4.98 Å². The number of fused-ring (bicyclic) bond motifs is 2. The molecular formula is C38H45N11O5. The predicted molar refractivity (Wildman–Crippen MR) is 197 cm³/mol. The number of carbonyl (C=O) groups excluding carboxylic acids is 4. The average Bonchev–Trinajstić information content (AvgIpc) is 3.88. The minimum absolute atomic E-state index is 0.0717. The van der Waals surface area contributed by atoms with Crippen molar-refractivity contribution in [3.63, 3.8) is 0 Å². The third-order valence-electron chi connectivity index (χ3n) is 12.2. The molecule has 4 aliphatic heterocycles. The normalized spacial score (nSPS) is 24.7. The molecular weight excluding hydrogens is 690 g/mol. The molecule has 1 spiro atoms. The minimum atomic E-state index is -0.960. The van der Waals surface area contributed by atoms with Gasteiger partial charge in [-0.05, 0) is 81.9 Å². The van der Waals surface area contributed by atoms with E-state index >= 15 is 0 Å². The second-order valence-electron chi connectivity index (χ2n) is 16.0. The maximum atomic E-state index is 13.4. The molecule has 1 aliphatic carbocycles. The van der Waals surface area contributed by atoms with Crippen molar-refractivity contribution < 1.29 is 23.9 Å². The van der Waals surface area contributed by atoms with Crippen LogP contribution in [-0.4, -0.2) is 114 Å². The number of amides is 4. The number of hydrogen-bond acceptors (Lipinski definition) is 12. The first-order valence-corrected chi connectivity index (χ1v) is 19.1. The lowest BCUT2D eigenvalue weighted by molar-refractivity contribution is -0.136. The lowest BCUT2D eigenvalue weighted by Gasteiger charge is -2.57. The Kier molecular flexibility index (Phi) is 8.39. The fourth-order valence-corrected chi connectivity index (χ4v) is 9.19. The van der Waals surface area contributed by atoms with E-state index < -0.39 is 23.8 Å². The van der Waals surface area contributed by atoms with Crippen LogP contribution in [0.4, 0.5) is 11.6 Å². The molecule has 16 heteroatoms. The summed E-state index contributed by atoms with van der Waals surface area (Å²) in [4.78, 5) is 66.0. The number of ether oxygens (including phenoxy) is 1. The van der Waals surface area contributed by atoms with E-state index in [9.17, 15) is 19.2 Å². The quantitative estimate of drug-likeness (QED) is 0.225. The maximum Gasteiger partial charge on any atom is 0.262 e. The van der Waals surface area contributed by atoms with Crippen molar-refractivity contribution in [1.29, 1.82) is 0 Å². The Hall–Kier alpha value is -5.38. The summed E-state index contributed by atoms with van der Waals surface area (Å²) in [5.41, 5.74) is 4.00. The summed E-state index contributed by atoms with van der Waals surface area (Å²) in [7, 11) is 0. The number of H-pyrrole nitrogens is 1. The first-order chi connectivity index (χ1) is 26.1. The van der Waals surface area contributed by atoms with Crippen LogP contribution in [0.25, 0.3) is 16.9 Å². The van der Waals surface area contributed by atoms with Crippen LogP contribution in [0, 0.1) is 11.3 Å². The van der Waals surface area contributed by atoms with E-state index in [1.165, 1.54) is 12.8 Å². The SMILES string of the molecule is CC(C)Oc1c(-c2cn[nH]c2)ncc2nc(N[C@H]3CCN(C4CC5(CCN(c6ccc7c(c6)C(=O)N(C6CCC(=O)NC6=O)C7=O)CC5)C4)C[C@H]3C)nn12. The van der Waals surface area contributed by atoms with Gasteiger partial charge in [-0.3, -0.25) is 39.4 Å². The van der Waals surface area contributed by atoms with E-state index in [-0.39, 0.29) is 30.9 Å². The van der Waals surface area contributed by atoms with Crippen molar-refractivity contribution in [1.82, 2.24) is 44.9 Å². The van der Waals surface area contributed by atoms with Crippen molar-refractivity contribution in [2.24, 2.45) is 11.3 Å². The van der Waals surface area contributed by atoms with Crippen LogP contribution in [0.1, 0.15) is 86.4 Å². The van der Waals surface area contributed by atoms with E-state index in [0.29, 0.717) is 51.7 Å². The summed E-state index contributed by atoms with van der Waals surface area (Å²) in [6, 6.07) is 5.29. The summed E-state index contributed by atoms with van der Waals surface area (Å²) < 4.78 is 7.89. The molecule has 3 N–H and O–H groups in total. The van der Waals surface area contributed by atoms with Crippen LogP contribution in [-0.2, 0) is 9.59 Å². The second-order valence-corrected chi connectivity index (χ2v) is 16.0. The Morgan fingerprint density at radius 3 is 2.52 bits per heavy atom. The highest BCUT2D eigenvalue weighted by Gasteiger charge is 2.49. The number of hydrogen-bond donors (Lipinski definition) is 3. The van der Waals surface area contributed by atoms with E-state index in [1.54, 1.807) is 35.2 Å². The van der Waals surface area contributed by atoms with Crippen LogP contribution < -0.4 is 20.3 Å². The number of piperidine rings is 3. The summed E-state index contributed by atoms with van der Waals surface area (Å²) in [5.74, 6) is -0.397. The van der Waals surface area contributed by atoms with E-state index in [1.807, 2.05) is 19.9 Å². The van der Waals surface area contributed by atoms with Gasteiger partial charge < -0.3 is 15.0 Å². The molecule has 4 amide bonds. The molecule has 282 valence electrons. The Morgan fingerprint density at radius 1 is 1.00 bits per heavy atom. The third kappa shape index (κ3) is 5.96. The number of benzene rings is 1. The molecule has 0 bridgehead atoms. The number of aromatic nitrogens is 6. The molecule has 4 fully saturated rings. The zero-order valence-electron chi connectivity index (χ0n) is 30.7. The van der Waals surface area contributed by atoms with Crippen LogP contribution in [0.3, 0.4) is 0 Å². The average molecular weight is 736 g/mol. The van der Waals surface area contributed by atoms with Gasteiger partial charge in [0.15, 0.2) is 5.65 Å². The topological polar surface area (TPSA) is 183 Å². The van der Waals surface area contributed by atoms with E-state index in [0.717, 1.165) is 61.6 Å². The summed E-state index contributed by atoms with van der Waals surface area (Å²) >= 11 is 0. The highest BCUT2D eigenvalue weighted by atomic mass is 16.5. The highest BCUT2D eigenvalue weighted by Crippen LogP contribution is 2.52.